The number of hydrogen-bond acceptors (Lipinski definition) is 12. The summed E-state index contributed by atoms with van der Waals surface area (Å²) >= 11 is 0. The highest BCUT2D eigenvalue weighted by atomic mass is 19.4. The van der Waals surface area contributed by atoms with Gasteiger partial charge in [-0.3, -0.25) is 14.8 Å². The molecule has 6 heterocycles. The van der Waals surface area contributed by atoms with Gasteiger partial charge in [-0.2, -0.15) is 26.3 Å². The van der Waals surface area contributed by atoms with Gasteiger partial charge < -0.3 is 28.4 Å². The maximum atomic E-state index is 14.4. The number of alkyl halides is 6. The molecule has 2 aliphatic carbocycles. The third kappa shape index (κ3) is 6.62. The third-order valence-corrected chi connectivity index (χ3v) is 12.6. The molecule has 1 spiro atoms. The number of carbonyl (C=O) groups excluding carboxylic acids is 2. The zero-order valence-electron chi connectivity index (χ0n) is 29.5. The summed E-state index contributed by atoms with van der Waals surface area (Å²) in [6.07, 6.45) is -12.2. The maximum absolute atomic E-state index is 14.4. The molecule has 2 saturated carbocycles. The predicted octanol–water partition coefficient (Wildman–Crippen LogP) is 6.79. The predicted molar refractivity (Wildman–Crippen MR) is 163 cm³/mol. The van der Waals surface area contributed by atoms with Gasteiger partial charge in [0.1, 0.15) is 13.2 Å². The Labute approximate surface area is 301 Å². The maximum Gasteiger partial charge on any atom is 0.449 e. The Morgan fingerprint density at radius 3 is 1.87 bits per heavy atom. The molecule has 8 aliphatic rings. The molecule has 18 heteroatoms. The van der Waals surface area contributed by atoms with E-state index in [4.69, 9.17) is 43.1 Å². The van der Waals surface area contributed by atoms with Crippen LogP contribution in [0.2, 0.25) is 0 Å². The molecule has 6 aliphatic heterocycles. The highest BCUT2D eigenvalue weighted by molar-refractivity contribution is 5.77. The Balaban J connectivity index is 1.03. The van der Waals surface area contributed by atoms with E-state index < -0.39 is 121 Å². The van der Waals surface area contributed by atoms with Gasteiger partial charge in [-0.25, -0.2) is 14.7 Å². The molecule has 0 aromatic heterocycles. The van der Waals surface area contributed by atoms with E-state index in [1.807, 2.05) is 13.8 Å². The third-order valence-electron chi connectivity index (χ3n) is 12.6. The van der Waals surface area contributed by atoms with Crippen molar-refractivity contribution in [1.29, 1.82) is 0 Å². The monoisotopic (exact) mass is 770 g/mol. The van der Waals surface area contributed by atoms with Gasteiger partial charge in [-0.1, -0.05) is 13.8 Å². The average Bonchev–Trinajstić information content (AvgIpc) is 3.46. The normalized spacial score (nSPS) is 40.9. The first-order valence-corrected chi connectivity index (χ1v) is 18.2. The first kappa shape index (κ1) is 38.6. The van der Waals surface area contributed by atoms with E-state index in [-0.39, 0.29) is 36.2 Å². The summed E-state index contributed by atoms with van der Waals surface area (Å²) in [6.45, 7) is 3.89. The van der Waals surface area contributed by atoms with Crippen LogP contribution in [0.5, 0.6) is 0 Å². The average molecular weight is 771 g/mol. The summed E-state index contributed by atoms with van der Waals surface area (Å²) in [5.74, 6) is -7.53. The smallest absolute Gasteiger partial charge is 0.449 e. The molecule has 6 fully saturated rings. The summed E-state index contributed by atoms with van der Waals surface area (Å²) in [5, 5.41) is 10.3. The Hall–Kier alpha value is -2.64. The van der Waals surface area contributed by atoms with Crippen molar-refractivity contribution >= 4 is 11.9 Å². The molecule has 298 valence electrons. The van der Waals surface area contributed by atoms with E-state index in [1.54, 1.807) is 6.92 Å². The second-order valence-corrected chi connectivity index (χ2v) is 15.5. The number of fused-ring (bicyclic) bond motifs is 2. The fourth-order valence-electron chi connectivity index (χ4n) is 10.1. The number of rotatable bonds is 8. The summed E-state index contributed by atoms with van der Waals surface area (Å²) < 4.78 is 119. The standard InChI is InChI=1S/C35H44F6O12/c1-16-4-7-23-19(28(34(36,37)38)49-30-32(23,52-44)21(16)9-6-18(3)47-30)14-45-25(42)11-12-26(43)46-15-20-24-8-5-17(2)22-10-13-27-48-31(33(22,24)53-51-27)50-29(20)35(39,40)41/h16-18,21-24,27,30-31,44H,4-15H2,1-3H3/t16-,17-,18+,21?,22?,23+,24+,27-,30+,31+,32?,33-/m1/s1. The zero-order chi connectivity index (χ0) is 38.1. The second kappa shape index (κ2) is 14.1. The minimum absolute atomic E-state index is 0.0515. The van der Waals surface area contributed by atoms with Crippen molar-refractivity contribution in [2.45, 2.75) is 134 Å². The van der Waals surface area contributed by atoms with Crippen LogP contribution < -0.4 is 0 Å². The highest BCUT2D eigenvalue weighted by Crippen LogP contribution is 2.60. The van der Waals surface area contributed by atoms with Gasteiger partial charge >= 0.3 is 24.3 Å². The molecule has 53 heavy (non-hydrogen) atoms. The van der Waals surface area contributed by atoms with Gasteiger partial charge in [0.05, 0.1) is 18.9 Å². The van der Waals surface area contributed by atoms with Crippen LogP contribution in [0.15, 0.2) is 22.7 Å². The molecule has 3 unspecified atom stereocenters. The van der Waals surface area contributed by atoms with Crippen LogP contribution in [0.1, 0.15) is 85.0 Å². The van der Waals surface area contributed by atoms with Crippen molar-refractivity contribution in [3.63, 3.8) is 0 Å². The van der Waals surface area contributed by atoms with Gasteiger partial charge in [0.15, 0.2) is 17.5 Å². The summed E-state index contributed by atoms with van der Waals surface area (Å²) in [7, 11) is 0. The van der Waals surface area contributed by atoms with Crippen LogP contribution in [0.25, 0.3) is 0 Å². The molecule has 12 atom stereocenters. The van der Waals surface area contributed by atoms with Crippen LogP contribution in [0.3, 0.4) is 0 Å². The molecule has 12 nitrogen and oxygen atoms in total. The van der Waals surface area contributed by atoms with E-state index >= 15 is 0 Å². The number of halogens is 6. The largest absolute Gasteiger partial charge is 0.461 e. The van der Waals surface area contributed by atoms with E-state index in [0.717, 1.165) is 0 Å². The fourth-order valence-corrected chi connectivity index (χ4v) is 10.1. The molecular weight excluding hydrogens is 726 g/mol. The fraction of sp³-hybridized carbons (Fsp3) is 0.829. The van der Waals surface area contributed by atoms with Gasteiger partial charge in [-0.05, 0) is 63.7 Å². The van der Waals surface area contributed by atoms with Gasteiger partial charge in [0, 0.05) is 41.2 Å². The van der Waals surface area contributed by atoms with Crippen molar-refractivity contribution in [3.8, 4) is 0 Å². The van der Waals surface area contributed by atoms with Crippen molar-refractivity contribution < 1.29 is 84.3 Å². The first-order chi connectivity index (χ1) is 25.0. The van der Waals surface area contributed by atoms with Crippen LogP contribution in [0, 0.1) is 35.5 Å². The summed E-state index contributed by atoms with van der Waals surface area (Å²) in [5.41, 5.74) is -3.86. The van der Waals surface area contributed by atoms with Crippen LogP contribution in [0.4, 0.5) is 26.3 Å². The lowest BCUT2D eigenvalue weighted by Gasteiger charge is -2.56. The van der Waals surface area contributed by atoms with Crippen molar-refractivity contribution in [2.75, 3.05) is 13.2 Å². The molecule has 0 amide bonds. The quantitative estimate of drug-likeness (QED) is 0.121. The Morgan fingerprint density at radius 1 is 0.717 bits per heavy atom. The van der Waals surface area contributed by atoms with Gasteiger partial charge in [-0.15, -0.1) is 0 Å². The Bertz CT molecular complexity index is 1500. The van der Waals surface area contributed by atoms with E-state index in [1.165, 1.54) is 0 Å². The topological polar surface area (TPSA) is 137 Å². The molecule has 4 saturated heterocycles. The van der Waals surface area contributed by atoms with E-state index in [0.29, 0.717) is 38.5 Å². The Kier molecular flexibility index (Phi) is 10.3. The molecule has 0 aromatic carbocycles. The molecule has 0 aromatic rings. The lowest BCUT2D eigenvalue weighted by atomic mass is 9.59. The lowest BCUT2D eigenvalue weighted by molar-refractivity contribution is -0.528. The minimum atomic E-state index is -5.01. The van der Waals surface area contributed by atoms with Gasteiger partial charge in [0.2, 0.25) is 24.1 Å². The number of hydrogen-bond donors (Lipinski definition) is 1. The van der Waals surface area contributed by atoms with Crippen LogP contribution in [-0.4, -0.2) is 78.9 Å². The van der Waals surface area contributed by atoms with E-state index in [9.17, 15) is 41.2 Å². The van der Waals surface area contributed by atoms with Crippen LogP contribution in [-0.2, 0) is 52.7 Å². The molecule has 1 N–H and O–H groups in total. The number of esters is 2. The zero-order valence-corrected chi connectivity index (χ0v) is 29.5. The van der Waals surface area contributed by atoms with Crippen molar-refractivity contribution in [1.82, 2.24) is 0 Å². The van der Waals surface area contributed by atoms with Crippen LogP contribution >= 0.6 is 0 Å². The number of carbonyl (C=O) groups is 2. The summed E-state index contributed by atoms with van der Waals surface area (Å²) in [4.78, 5) is 42.0. The highest BCUT2D eigenvalue weighted by Gasteiger charge is 2.69. The minimum Gasteiger partial charge on any atom is -0.461 e. The van der Waals surface area contributed by atoms with E-state index in [2.05, 4.69) is 0 Å². The molecular formula is C35H44F6O12. The summed E-state index contributed by atoms with van der Waals surface area (Å²) in [6, 6.07) is 0. The van der Waals surface area contributed by atoms with Crippen molar-refractivity contribution in [2.24, 2.45) is 35.5 Å². The molecule has 8 rings (SSSR count). The van der Waals surface area contributed by atoms with Gasteiger partial charge in [0.25, 0.3) is 0 Å². The first-order valence-electron chi connectivity index (χ1n) is 18.2. The second-order valence-electron chi connectivity index (χ2n) is 15.5. The SMILES string of the molecule is C[C@@H]1CC[C@H]2C(COC(=O)CCC(=O)OCC3=C(C(F)(F)F)O[C@@H]4O[C@H]5CCC6[C@H](C)CC[C@@H]3[C@]64OO5)=C(C(F)(F)F)O[C@@H]3O[C@@H](C)CCC1C32OO. The van der Waals surface area contributed by atoms with Crippen molar-refractivity contribution in [3.05, 3.63) is 22.7 Å². The number of ether oxygens (including phenoxy) is 6. The lowest BCUT2D eigenvalue weighted by Crippen LogP contribution is -2.66. The molecule has 0 radical (unpaired) electrons. The molecule has 2 bridgehead atoms. The number of allylic oxidation sites excluding steroid dienone is 2. The Morgan fingerprint density at radius 2 is 1.26 bits per heavy atom.